The summed E-state index contributed by atoms with van der Waals surface area (Å²) in [5.74, 6) is -0.326. The van der Waals surface area contributed by atoms with Crippen LogP contribution in [0.15, 0.2) is 42.6 Å². The molecule has 2 aromatic rings. The molecule has 1 aromatic heterocycles. The number of hydrogen-bond donors (Lipinski definition) is 3. The number of nitrogen functional groups attached to an aromatic ring is 1. The van der Waals surface area contributed by atoms with Gasteiger partial charge in [0.05, 0.1) is 11.4 Å². The summed E-state index contributed by atoms with van der Waals surface area (Å²) in [4.78, 5) is 33.4. The Hall–Kier alpha value is -3.13. The number of anilines is 2. The maximum absolute atomic E-state index is 12.8. The lowest BCUT2D eigenvalue weighted by molar-refractivity contribution is 0.102. The third-order valence-corrected chi connectivity index (χ3v) is 5.43. The second-order valence-corrected chi connectivity index (χ2v) is 8.25. The van der Waals surface area contributed by atoms with E-state index in [9.17, 15) is 9.59 Å². The summed E-state index contributed by atoms with van der Waals surface area (Å²) in [5.41, 5.74) is 8.10. The van der Waals surface area contributed by atoms with E-state index in [1.165, 1.54) is 12.8 Å². The largest absolute Gasteiger partial charge is 0.397 e. The smallest absolute Gasteiger partial charge is 0.317 e. The van der Waals surface area contributed by atoms with E-state index >= 15 is 0 Å². The fourth-order valence-electron chi connectivity index (χ4n) is 3.58. The number of carbonyl (C=O) groups excluding carboxylic acids is 2. The number of urea groups is 1. The molecule has 0 spiro atoms. The molecule has 0 bridgehead atoms. The lowest BCUT2D eigenvalue weighted by atomic mass is 10.2. The number of benzene rings is 1. The third-order valence-electron chi connectivity index (χ3n) is 5.43. The summed E-state index contributed by atoms with van der Waals surface area (Å²) < 4.78 is 0. The zero-order valence-electron chi connectivity index (χ0n) is 18.3. The van der Waals surface area contributed by atoms with Gasteiger partial charge in [-0.25, -0.2) is 4.79 Å². The van der Waals surface area contributed by atoms with Gasteiger partial charge in [0.1, 0.15) is 5.69 Å². The first-order valence-electron chi connectivity index (χ1n) is 10.7. The van der Waals surface area contributed by atoms with Crippen molar-refractivity contribution in [1.82, 2.24) is 20.1 Å². The van der Waals surface area contributed by atoms with Gasteiger partial charge in [0.25, 0.3) is 5.91 Å². The van der Waals surface area contributed by atoms with Crippen LogP contribution in [0, 0.1) is 0 Å². The summed E-state index contributed by atoms with van der Waals surface area (Å²) in [6.07, 6.45) is 6.08. The van der Waals surface area contributed by atoms with Crippen LogP contribution in [0.2, 0.25) is 0 Å². The Morgan fingerprint density at radius 1 is 1.10 bits per heavy atom. The molecule has 3 amide bonds. The van der Waals surface area contributed by atoms with Crippen molar-refractivity contribution in [2.24, 2.45) is 0 Å². The van der Waals surface area contributed by atoms with Crippen LogP contribution in [0.1, 0.15) is 41.7 Å². The van der Waals surface area contributed by atoms with Crippen LogP contribution in [0.4, 0.5) is 16.2 Å². The van der Waals surface area contributed by atoms with Crippen LogP contribution < -0.4 is 16.4 Å². The molecule has 0 atom stereocenters. The molecule has 166 valence electrons. The number of nitrogens with two attached hydrogens (primary N) is 1. The highest BCUT2D eigenvalue weighted by Gasteiger charge is 2.21. The van der Waals surface area contributed by atoms with Crippen LogP contribution in [0.5, 0.6) is 0 Å². The van der Waals surface area contributed by atoms with Crippen molar-refractivity contribution in [2.45, 2.75) is 38.3 Å². The molecule has 0 saturated heterocycles. The minimum atomic E-state index is -0.326. The molecule has 31 heavy (non-hydrogen) atoms. The van der Waals surface area contributed by atoms with E-state index in [2.05, 4.69) is 20.5 Å². The minimum absolute atomic E-state index is 0.0462. The number of likely N-dealkylation sites (N-methyl/N-ethyl adjacent to an activating group) is 1. The average Bonchev–Trinajstić information content (AvgIpc) is 3.26. The molecule has 8 nitrogen and oxygen atoms in total. The van der Waals surface area contributed by atoms with Gasteiger partial charge in [0.15, 0.2) is 0 Å². The summed E-state index contributed by atoms with van der Waals surface area (Å²) in [5, 5.41) is 5.93. The van der Waals surface area contributed by atoms with Crippen molar-refractivity contribution >= 4 is 23.3 Å². The molecule has 1 fully saturated rings. The van der Waals surface area contributed by atoms with E-state index in [4.69, 9.17) is 5.73 Å². The molecular formula is C23H32N6O2. The highest BCUT2D eigenvalue weighted by atomic mass is 16.2. The average molecular weight is 425 g/mol. The molecule has 1 heterocycles. The normalized spacial score (nSPS) is 13.9. The van der Waals surface area contributed by atoms with E-state index < -0.39 is 0 Å². The van der Waals surface area contributed by atoms with Crippen molar-refractivity contribution < 1.29 is 9.59 Å². The van der Waals surface area contributed by atoms with Crippen LogP contribution in [0.3, 0.4) is 0 Å². The fraction of sp³-hybridized carbons (Fsp3) is 0.435. The maximum atomic E-state index is 12.8. The fourth-order valence-corrected chi connectivity index (χ4v) is 3.58. The standard InChI is InChI=1S/C23H32N6O2/c1-28(2)13-14-29(23(31)26-18-7-3-4-8-18)16-17-11-12-21(25-15-17)22(30)27-20-10-6-5-9-19(20)24/h5-6,9-12,15,18H,3-4,7-8,13-14,16,24H2,1-2H3,(H,26,31)(H,27,30). The topological polar surface area (TPSA) is 104 Å². The quantitative estimate of drug-likeness (QED) is 0.565. The Morgan fingerprint density at radius 2 is 1.84 bits per heavy atom. The van der Waals surface area contributed by atoms with Crippen molar-refractivity contribution in [3.8, 4) is 0 Å². The highest BCUT2D eigenvalue weighted by Crippen LogP contribution is 2.19. The Kier molecular flexibility index (Phi) is 7.83. The molecule has 0 radical (unpaired) electrons. The molecule has 4 N–H and O–H groups in total. The SMILES string of the molecule is CN(C)CCN(Cc1ccc(C(=O)Nc2ccccc2N)nc1)C(=O)NC1CCCC1. The summed E-state index contributed by atoms with van der Waals surface area (Å²) >= 11 is 0. The van der Waals surface area contributed by atoms with Gasteiger partial charge in [-0.1, -0.05) is 31.0 Å². The second-order valence-electron chi connectivity index (χ2n) is 8.25. The second kappa shape index (κ2) is 10.8. The number of aromatic nitrogens is 1. The summed E-state index contributed by atoms with van der Waals surface area (Å²) in [6.45, 7) is 1.82. The maximum Gasteiger partial charge on any atom is 0.317 e. The van der Waals surface area contributed by atoms with E-state index in [0.29, 0.717) is 30.2 Å². The van der Waals surface area contributed by atoms with Gasteiger partial charge in [-0.05, 0) is 50.7 Å². The van der Waals surface area contributed by atoms with Gasteiger partial charge < -0.3 is 26.2 Å². The molecule has 0 unspecified atom stereocenters. The summed E-state index contributed by atoms with van der Waals surface area (Å²) in [7, 11) is 3.98. The number of hydrogen-bond acceptors (Lipinski definition) is 5. The monoisotopic (exact) mass is 424 g/mol. The van der Waals surface area contributed by atoms with Crippen molar-refractivity contribution in [3.05, 3.63) is 53.9 Å². The Labute approximate surface area is 183 Å². The van der Waals surface area contributed by atoms with Crippen molar-refractivity contribution in [2.75, 3.05) is 38.2 Å². The van der Waals surface area contributed by atoms with E-state index in [0.717, 1.165) is 24.9 Å². The Morgan fingerprint density at radius 3 is 2.48 bits per heavy atom. The van der Waals surface area contributed by atoms with Gasteiger partial charge >= 0.3 is 6.03 Å². The zero-order chi connectivity index (χ0) is 22.2. The van der Waals surface area contributed by atoms with Gasteiger partial charge in [-0.3, -0.25) is 9.78 Å². The van der Waals surface area contributed by atoms with Gasteiger partial charge in [0.2, 0.25) is 0 Å². The third kappa shape index (κ3) is 6.68. The van der Waals surface area contributed by atoms with Gasteiger partial charge in [-0.15, -0.1) is 0 Å². The first-order valence-corrected chi connectivity index (χ1v) is 10.7. The van der Waals surface area contributed by atoms with Crippen molar-refractivity contribution in [1.29, 1.82) is 0 Å². The number of carbonyl (C=O) groups is 2. The number of amides is 3. The Bertz CT molecular complexity index is 878. The number of pyridine rings is 1. The zero-order valence-corrected chi connectivity index (χ0v) is 18.3. The van der Waals surface area contributed by atoms with Gasteiger partial charge in [-0.2, -0.15) is 0 Å². The molecule has 1 aliphatic rings. The van der Waals surface area contributed by atoms with Crippen LogP contribution in [0.25, 0.3) is 0 Å². The molecule has 0 aliphatic heterocycles. The Balaban J connectivity index is 1.63. The van der Waals surface area contributed by atoms with E-state index in [1.54, 1.807) is 35.4 Å². The number of rotatable bonds is 8. The van der Waals surface area contributed by atoms with Crippen molar-refractivity contribution in [3.63, 3.8) is 0 Å². The minimum Gasteiger partial charge on any atom is -0.397 e. The predicted octanol–water partition coefficient (Wildman–Crippen LogP) is 2.93. The first-order chi connectivity index (χ1) is 14.9. The van der Waals surface area contributed by atoms with Crippen LogP contribution in [-0.4, -0.2) is 59.9 Å². The lowest BCUT2D eigenvalue weighted by Crippen LogP contribution is -2.45. The summed E-state index contributed by atoms with van der Waals surface area (Å²) in [6, 6.07) is 10.8. The molecule has 8 heteroatoms. The number of nitrogens with zero attached hydrogens (tertiary/aromatic N) is 3. The number of para-hydroxylation sites is 2. The van der Waals surface area contributed by atoms with E-state index in [-0.39, 0.29) is 18.0 Å². The lowest BCUT2D eigenvalue weighted by Gasteiger charge is -2.26. The molecule has 1 aromatic carbocycles. The first kappa shape index (κ1) is 22.6. The van der Waals surface area contributed by atoms with Crippen LogP contribution >= 0.6 is 0 Å². The molecule has 1 saturated carbocycles. The predicted molar refractivity (Wildman–Crippen MR) is 123 cm³/mol. The molecule has 3 rings (SSSR count). The number of nitrogens with one attached hydrogen (secondary N) is 2. The van der Waals surface area contributed by atoms with Gasteiger partial charge in [0, 0.05) is 31.9 Å². The highest BCUT2D eigenvalue weighted by molar-refractivity contribution is 6.04. The molecule has 1 aliphatic carbocycles. The molecular weight excluding hydrogens is 392 g/mol. The van der Waals surface area contributed by atoms with E-state index in [1.807, 2.05) is 26.2 Å². The van der Waals surface area contributed by atoms with Crippen LogP contribution in [-0.2, 0) is 6.54 Å².